The number of hydrogen-bond acceptors (Lipinski definition) is 5. The number of morpholine rings is 1. The molecule has 3 N–H and O–H groups in total. The lowest BCUT2D eigenvalue weighted by Crippen LogP contribution is -2.45. The lowest BCUT2D eigenvalue weighted by atomic mass is 10.2. The highest BCUT2D eigenvalue weighted by Gasteiger charge is 2.22. The molecule has 3 heterocycles. The summed E-state index contributed by atoms with van der Waals surface area (Å²) in [4.78, 5) is 18.5. The highest BCUT2D eigenvalue weighted by atomic mass is 16.5. The minimum Gasteiger partial charge on any atom is -0.372 e. The van der Waals surface area contributed by atoms with E-state index in [9.17, 15) is 4.79 Å². The Hall–Kier alpha value is -2.61. The van der Waals surface area contributed by atoms with Gasteiger partial charge < -0.3 is 20.3 Å². The molecule has 0 saturated carbocycles. The van der Waals surface area contributed by atoms with Crippen LogP contribution in [0.2, 0.25) is 0 Å². The number of amides is 2. The number of pyridine rings is 1. The first-order valence-corrected chi connectivity index (χ1v) is 8.45. The molecule has 2 atom stereocenters. The molecule has 2 unspecified atom stereocenters. The molecule has 3 rings (SSSR count). The SMILES string of the molecule is CC1CN(c2ccc(CNC(=O)NCc3ccn[nH]3)cn2)CC(C)O1. The summed E-state index contributed by atoms with van der Waals surface area (Å²) >= 11 is 0. The Morgan fingerprint density at radius 2 is 2.00 bits per heavy atom. The molecule has 1 fully saturated rings. The number of urea groups is 1. The maximum Gasteiger partial charge on any atom is 0.315 e. The molecular formula is C17H24N6O2. The fourth-order valence-corrected chi connectivity index (χ4v) is 2.88. The maximum absolute atomic E-state index is 11.8. The van der Waals surface area contributed by atoms with Gasteiger partial charge in [0.1, 0.15) is 5.82 Å². The van der Waals surface area contributed by atoms with Crippen LogP contribution in [0.3, 0.4) is 0 Å². The van der Waals surface area contributed by atoms with Crippen molar-refractivity contribution in [2.24, 2.45) is 0 Å². The molecule has 0 aliphatic carbocycles. The largest absolute Gasteiger partial charge is 0.372 e. The van der Waals surface area contributed by atoms with E-state index in [1.807, 2.05) is 18.2 Å². The van der Waals surface area contributed by atoms with E-state index in [0.717, 1.165) is 30.2 Å². The number of carbonyl (C=O) groups excluding carboxylic acids is 1. The molecule has 0 radical (unpaired) electrons. The highest BCUT2D eigenvalue weighted by molar-refractivity contribution is 5.73. The summed E-state index contributed by atoms with van der Waals surface area (Å²) in [5, 5.41) is 12.2. The van der Waals surface area contributed by atoms with Gasteiger partial charge in [-0.1, -0.05) is 6.07 Å². The molecule has 1 aliphatic heterocycles. The topological polar surface area (TPSA) is 95.2 Å². The number of aromatic amines is 1. The van der Waals surface area contributed by atoms with Crippen LogP contribution in [0, 0.1) is 0 Å². The minimum atomic E-state index is -0.227. The number of rotatable bonds is 5. The normalized spacial score (nSPS) is 20.3. The van der Waals surface area contributed by atoms with Gasteiger partial charge in [0.15, 0.2) is 0 Å². The van der Waals surface area contributed by atoms with Crippen molar-refractivity contribution in [3.05, 3.63) is 41.9 Å². The van der Waals surface area contributed by atoms with Gasteiger partial charge in [-0.15, -0.1) is 0 Å². The van der Waals surface area contributed by atoms with Gasteiger partial charge in [-0.05, 0) is 31.5 Å². The Morgan fingerprint density at radius 3 is 2.64 bits per heavy atom. The van der Waals surface area contributed by atoms with Crippen molar-refractivity contribution >= 4 is 11.8 Å². The van der Waals surface area contributed by atoms with Crippen molar-refractivity contribution in [3.63, 3.8) is 0 Å². The zero-order chi connectivity index (χ0) is 17.6. The molecule has 0 bridgehead atoms. The van der Waals surface area contributed by atoms with E-state index in [4.69, 9.17) is 4.74 Å². The average Bonchev–Trinajstić information content (AvgIpc) is 3.11. The molecule has 2 amide bonds. The van der Waals surface area contributed by atoms with E-state index in [1.54, 1.807) is 12.4 Å². The summed E-state index contributed by atoms with van der Waals surface area (Å²) in [5.74, 6) is 0.939. The van der Waals surface area contributed by atoms with Crippen LogP contribution < -0.4 is 15.5 Å². The Morgan fingerprint density at radius 1 is 1.24 bits per heavy atom. The van der Waals surface area contributed by atoms with Gasteiger partial charge in [0, 0.05) is 32.0 Å². The van der Waals surface area contributed by atoms with E-state index >= 15 is 0 Å². The molecule has 2 aromatic rings. The Labute approximate surface area is 147 Å². The summed E-state index contributed by atoms with van der Waals surface area (Å²) in [6.07, 6.45) is 3.85. The van der Waals surface area contributed by atoms with Crippen molar-refractivity contribution in [3.8, 4) is 0 Å². The van der Waals surface area contributed by atoms with E-state index in [0.29, 0.717) is 13.1 Å². The quantitative estimate of drug-likeness (QED) is 0.762. The third kappa shape index (κ3) is 4.93. The number of carbonyl (C=O) groups is 1. The summed E-state index contributed by atoms with van der Waals surface area (Å²) in [5.41, 5.74) is 1.81. The van der Waals surface area contributed by atoms with E-state index in [2.05, 4.69) is 44.6 Å². The van der Waals surface area contributed by atoms with Gasteiger partial charge in [0.2, 0.25) is 0 Å². The number of hydrogen-bond donors (Lipinski definition) is 3. The number of nitrogens with one attached hydrogen (secondary N) is 3. The molecular weight excluding hydrogens is 320 g/mol. The number of nitrogens with zero attached hydrogens (tertiary/aromatic N) is 3. The first-order valence-electron chi connectivity index (χ1n) is 8.45. The van der Waals surface area contributed by atoms with Crippen LogP contribution in [0.5, 0.6) is 0 Å². The molecule has 1 aliphatic rings. The summed E-state index contributed by atoms with van der Waals surface area (Å²) < 4.78 is 5.75. The summed E-state index contributed by atoms with van der Waals surface area (Å²) in [6, 6.07) is 5.57. The molecule has 2 aromatic heterocycles. The number of ether oxygens (including phenoxy) is 1. The van der Waals surface area contributed by atoms with Gasteiger partial charge in [-0.2, -0.15) is 5.10 Å². The summed E-state index contributed by atoms with van der Waals surface area (Å²) in [7, 11) is 0. The molecule has 0 aromatic carbocycles. The fourth-order valence-electron chi connectivity index (χ4n) is 2.88. The first-order chi connectivity index (χ1) is 12.1. The lowest BCUT2D eigenvalue weighted by molar-refractivity contribution is -0.00546. The Kier molecular flexibility index (Phi) is 5.49. The molecule has 134 valence electrons. The predicted octanol–water partition coefficient (Wildman–Crippen LogP) is 1.42. The maximum atomic E-state index is 11.8. The van der Waals surface area contributed by atoms with Crippen LogP contribution in [0.15, 0.2) is 30.6 Å². The third-order valence-electron chi connectivity index (χ3n) is 4.00. The minimum absolute atomic E-state index is 0.200. The van der Waals surface area contributed by atoms with E-state index in [-0.39, 0.29) is 18.2 Å². The molecule has 0 spiro atoms. The monoisotopic (exact) mass is 344 g/mol. The molecule has 1 saturated heterocycles. The fraction of sp³-hybridized carbons (Fsp3) is 0.471. The number of H-pyrrole nitrogens is 1. The van der Waals surface area contributed by atoms with E-state index in [1.165, 1.54) is 0 Å². The third-order valence-corrected chi connectivity index (χ3v) is 4.00. The van der Waals surface area contributed by atoms with Gasteiger partial charge in [-0.3, -0.25) is 5.10 Å². The Bertz CT molecular complexity index is 663. The van der Waals surface area contributed by atoms with Crippen molar-refractivity contribution in [2.75, 3.05) is 18.0 Å². The van der Waals surface area contributed by atoms with Crippen LogP contribution in [-0.4, -0.2) is 46.5 Å². The second-order valence-electron chi connectivity index (χ2n) is 6.31. The Balaban J connectivity index is 1.46. The smallest absolute Gasteiger partial charge is 0.315 e. The van der Waals surface area contributed by atoms with Gasteiger partial charge in [0.25, 0.3) is 0 Å². The van der Waals surface area contributed by atoms with Crippen molar-refractivity contribution in [2.45, 2.75) is 39.1 Å². The predicted molar refractivity (Wildman–Crippen MR) is 94.1 cm³/mol. The number of aromatic nitrogens is 3. The van der Waals surface area contributed by atoms with Gasteiger partial charge >= 0.3 is 6.03 Å². The van der Waals surface area contributed by atoms with Gasteiger partial charge in [-0.25, -0.2) is 9.78 Å². The van der Waals surface area contributed by atoms with E-state index < -0.39 is 0 Å². The zero-order valence-electron chi connectivity index (χ0n) is 14.5. The molecule has 8 nitrogen and oxygen atoms in total. The zero-order valence-corrected chi connectivity index (χ0v) is 14.5. The van der Waals surface area contributed by atoms with Crippen LogP contribution >= 0.6 is 0 Å². The first kappa shape index (κ1) is 17.2. The lowest BCUT2D eigenvalue weighted by Gasteiger charge is -2.36. The second kappa shape index (κ2) is 7.98. The van der Waals surface area contributed by atoms with Crippen LogP contribution in [0.25, 0.3) is 0 Å². The standard InChI is InChI=1S/C17H24N6O2/c1-12-10-23(11-13(2)25-12)16-4-3-14(7-18-16)8-19-17(24)20-9-15-5-6-21-22-15/h3-7,12-13H,8-11H2,1-2H3,(H,21,22)(H2,19,20,24). The van der Waals surface area contributed by atoms with Crippen molar-refractivity contribution in [1.82, 2.24) is 25.8 Å². The van der Waals surface area contributed by atoms with Gasteiger partial charge in [0.05, 0.1) is 24.4 Å². The summed E-state index contributed by atoms with van der Waals surface area (Å²) in [6.45, 7) is 6.66. The van der Waals surface area contributed by atoms with Crippen LogP contribution in [-0.2, 0) is 17.8 Å². The second-order valence-corrected chi connectivity index (χ2v) is 6.31. The average molecular weight is 344 g/mol. The van der Waals surface area contributed by atoms with Crippen LogP contribution in [0.1, 0.15) is 25.1 Å². The molecule has 25 heavy (non-hydrogen) atoms. The molecule has 8 heteroatoms. The van der Waals surface area contributed by atoms with Crippen molar-refractivity contribution in [1.29, 1.82) is 0 Å². The van der Waals surface area contributed by atoms with Crippen LogP contribution in [0.4, 0.5) is 10.6 Å². The number of anilines is 1. The highest BCUT2D eigenvalue weighted by Crippen LogP contribution is 2.18. The van der Waals surface area contributed by atoms with Crippen molar-refractivity contribution < 1.29 is 9.53 Å².